The molecule has 0 saturated carbocycles. The van der Waals surface area contributed by atoms with Gasteiger partial charge in [-0.1, -0.05) is 18.2 Å². The minimum absolute atomic E-state index is 0.161. The summed E-state index contributed by atoms with van der Waals surface area (Å²) in [6.45, 7) is 1.89. The number of nitrogens with zero attached hydrogens (tertiary/aromatic N) is 2. The van der Waals surface area contributed by atoms with Gasteiger partial charge in [0.05, 0.1) is 6.04 Å². The molecule has 0 aliphatic rings. The Balaban J connectivity index is 2.16. The van der Waals surface area contributed by atoms with E-state index < -0.39 is 0 Å². The highest BCUT2D eigenvalue weighted by Crippen LogP contribution is 2.20. The molecular formula is C13H15FN4. The Hall–Kier alpha value is -2.17. The highest BCUT2D eigenvalue weighted by molar-refractivity contribution is 5.47. The molecule has 0 fully saturated rings. The van der Waals surface area contributed by atoms with E-state index in [-0.39, 0.29) is 11.9 Å². The van der Waals surface area contributed by atoms with Gasteiger partial charge in [-0.3, -0.25) is 0 Å². The molecule has 4 nitrogen and oxygen atoms in total. The Morgan fingerprint density at radius 3 is 2.61 bits per heavy atom. The molecule has 2 aromatic rings. The maximum absolute atomic E-state index is 13.6. The molecule has 1 atom stereocenters. The van der Waals surface area contributed by atoms with Crippen LogP contribution >= 0.6 is 0 Å². The topological polar surface area (TPSA) is 49.8 Å². The fraction of sp³-hybridized carbons (Fsp3) is 0.231. The van der Waals surface area contributed by atoms with E-state index in [4.69, 9.17) is 0 Å². The summed E-state index contributed by atoms with van der Waals surface area (Å²) < 4.78 is 13.6. The van der Waals surface area contributed by atoms with Crippen LogP contribution in [0.4, 0.5) is 16.0 Å². The lowest BCUT2D eigenvalue weighted by Crippen LogP contribution is -2.10. The lowest BCUT2D eigenvalue weighted by atomic mass is 10.1. The number of hydrogen-bond donors (Lipinski definition) is 2. The van der Waals surface area contributed by atoms with Crippen LogP contribution in [0.5, 0.6) is 0 Å². The average molecular weight is 246 g/mol. The highest BCUT2D eigenvalue weighted by Gasteiger charge is 2.10. The molecule has 1 aromatic carbocycles. The molecule has 1 unspecified atom stereocenters. The zero-order chi connectivity index (χ0) is 13.0. The summed E-state index contributed by atoms with van der Waals surface area (Å²) in [5.74, 6) is 1.15. The zero-order valence-corrected chi connectivity index (χ0v) is 10.3. The molecule has 2 N–H and O–H groups in total. The lowest BCUT2D eigenvalue weighted by molar-refractivity contribution is 0.600. The second kappa shape index (κ2) is 5.44. The fourth-order valence-corrected chi connectivity index (χ4v) is 1.70. The Morgan fingerprint density at radius 2 is 1.89 bits per heavy atom. The van der Waals surface area contributed by atoms with Crippen LogP contribution < -0.4 is 10.6 Å². The van der Waals surface area contributed by atoms with E-state index >= 15 is 0 Å². The lowest BCUT2D eigenvalue weighted by Gasteiger charge is -2.15. The van der Waals surface area contributed by atoms with Crippen molar-refractivity contribution in [3.63, 3.8) is 0 Å². The van der Waals surface area contributed by atoms with E-state index in [9.17, 15) is 4.39 Å². The third-order valence-electron chi connectivity index (χ3n) is 2.66. The van der Waals surface area contributed by atoms with Gasteiger partial charge in [0.15, 0.2) is 0 Å². The largest absolute Gasteiger partial charge is 0.373 e. The van der Waals surface area contributed by atoms with E-state index in [1.54, 1.807) is 25.2 Å². The van der Waals surface area contributed by atoms with Crippen LogP contribution in [0.25, 0.3) is 0 Å². The molecule has 0 amide bonds. The molecule has 2 rings (SSSR count). The Labute approximate surface area is 105 Å². The molecule has 1 aromatic heterocycles. The van der Waals surface area contributed by atoms with E-state index in [2.05, 4.69) is 20.6 Å². The van der Waals surface area contributed by atoms with Crippen LogP contribution in [0.2, 0.25) is 0 Å². The second-order valence-electron chi connectivity index (χ2n) is 3.93. The molecule has 0 spiro atoms. The first-order valence-corrected chi connectivity index (χ1v) is 5.71. The van der Waals surface area contributed by atoms with Crippen molar-refractivity contribution in [2.45, 2.75) is 13.0 Å². The van der Waals surface area contributed by atoms with Gasteiger partial charge in [0.25, 0.3) is 0 Å². The van der Waals surface area contributed by atoms with Gasteiger partial charge in [-0.2, -0.15) is 0 Å². The molecule has 18 heavy (non-hydrogen) atoms. The molecule has 0 aliphatic carbocycles. The molecule has 0 bridgehead atoms. The maximum atomic E-state index is 13.6. The third kappa shape index (κ3) is 2.74. The predicted molar refractivity (Wildman–Crippen MR) is 70.0 cm³/mol. The standard InChI is InChI=1S/C13H15FN4/c1-9(10-5-3-4-6-11(10)14)18-13-7-12(15-2)16-8-17-13/h3-9H,1-2H3,(H2,15,16,17,18). The number of rotatable bonds is 4. The van der Waals surface area contributed by atoms with E-state index in [0.29, 0.717) is 17.2 Å². The molecule has 94 valence electrons. The molecule has 1 heterocycles. The van der Waals surface area contributed by atoms with Gasteiger partial charge >= 0.3 is 0 Å². The monoisotopic (exact) mass is 246 g/mol. The van der Waals surface area contributed by atoms with Gasteiger partial charge in [-0.15, -0.1) is 0 Å². The number of halogens is 1. The SMILES string of the molecule is CNc1cc(NC(C)c2ccccc2F)ncn1. The van der Waals surface area contributed by atoms with E-state index in [1.165, 1.54) is 12.4 Å². The maximum Gasteiger partial charge on any atom is 0.131 e. The number of anilines is 2. The van der Waals surface area contributed by atoms with Crippen LogP contribution in [0.1, 0.15) is 18.5 Å². The Bertz CT molecular complexity index is 530. The Kier molecular flexibility index (Phi) is 3.72. The van der Waals surface area contributed by atoms with Crippen LogP contribution in [0, 0.1) is 5.82 Å². The second-order valence-corrected chi connectivity index (χ2v) is 3.93. The molecule has 0 saturated heterocycles. The van der Waals surface area contributed by atoms with E-state index in [1.807, 2.05) is 13.0 Å². The van der Waals surface area contributed by atoms with Crippen LogP contribution in [-0.2, 0) is 0 Å². The van der Waals surface area contributed by atoms with Crippen LogP contribution in [0.15, 0.2) is 36.7 Å². The quantitative estimate of drug-likeness (QED) is 0.871. The third-order valence-corrected chi connectivity index (χ3v) is 2.66. The molecule has 0 radical (unpaired) electrons. The number of hydrogen-bond acceptors (Lipinski definition) is 4. The number of nitrogens with one attached hydrogen (secondary N) is 2. The first-order valence-electron chi connectivity index (χ1n) is 5.71. The number of benzene rings is 1. The minimum atomic E-state index is -0.222. The van der Waals surface area contributed by atoms with Gasteiger partial charge in [0.1, 0.15) is 23.8 Å². The zero-order valence-electron chi connectivity index (χ0n) is 10.3. The average Bonchev–Trinajstić information content (AvgIpc) is 2.39. The fourth-order valence-electron chi connectivity index (χ4n) is 1.70. The van der Waals surface area contributed by atoms with Gasteiger partial charge in [-0.05, 0) is 13.0 Å². The van der Waals surface area contributed by atoms with Crippen molar-refractivity contribution in [2.75, 3.05) is 17.7 Å². The smallest absolute Gasteiger partial charge is 0.131 e. The van der Waals surface area contributed by atoms with Crippen molar-refractivity contribution in [2.24, 2.45) is 0 Å². The van der Waals surface area contributed by atoms with Gasteiger partial charge in [-0.25, -0.2) is 14.4 Å². The van der Waals surface area contributed by atoms with Crippen LogP contribution in [-0.4, -0.2) is 17.0 Å². The van der Waals surface area contributed by atoms with Crippen molar-refractivity contribution in [3.8, 4) is 0 Å². The highest BCUT2D eigenvalue weighted by atomic mass is 19.1. The van der Waals surface area contributed by atoms with Crippen molar-refractivity contribution in [1.82, 2.24) is 9.97 Å². The predicted octanol–water partition coefficient (Wildman–Crippen LogP) is 2.83. The number of aromatic nitrogens is 2. The van der Waals surface area contributed by atoms with Crippen molar-refractivity contribution >= 4 is 11.6 Å². The van der Waals surface area contributed by atoms with Crippen molar-refractivity contribution in [1.29, 1.82) is 0 Å². The summed E-state index contributed by atoms with van der Waals surface area (Å²) in [6, 6.07) is 8.31. The summed E-state index contributed by atoms with van der Waals surface area (Å²) in [6.07, 6.45) is 1.46. The summed E-state index contributed by atoms with van der Waals surface area (Å²) in [5.41, 5.74) is 0.613. The summed E-state index contributed by atoms with van der Waals surface area (Å²) in [7, 11) is 1.78. The molecule has 0 aliphatic heterocycles. The van der Waals surface area contributed by atoms with Crippen molar-refractivity contribution < 1.29 is 4.39 Å². The first-order chi connectivity index (χ1) is 8.70. The minimum Gasteiger partial charge on any atom is -0.373 e. The van der Waals surface area contributed by atoms with Gasteiger partial charge in [0.2, 0.25) is 0 Å². The Morgan fingerprint density at radius 1 is 1.17 bits per heavy atom. The summed E-state index contributed by atoms with van der Waals surface area (Å²) in [4.78, 5) is 8.12. The van der Waals surface area contributed by atoms with Gasteiger partial charge < -0.3 is 10.6 Å². The van der Waals surface area contributed by atoms with Gasteiger partial charge in [0, 0.05) is 18.7 Å². The first kappa shape index (κ1) is 12.3. The summed E-state index contributed by atoms with van der Waals surface area (Å²) >= 11 is 0. The molecule has 5 heteroatoms. The summed E-state index contributed by atoms with van der Waals surface area (Å²) in [5, 5.41) is 6.07. The van der Waals surface area contributed by atoms with E-state index in [0.717, 1.165) is 0 Å². The van der Waals surface area contributed by atoms with Crippen LogP contribution in [0.3, 0.4) is 0 Å². The normalized spacial score (nSPS) is 11.9. The molecular weight excluding hydrogens is 231 g/mol. The van der Waals surface area contributed by atoms with Crippen molar-refractivity contribution in [3.05, 3.63) is 48.0 Å².